The molecule has 4 N–H and O–H groups in total. The fraction of sp³-hybridized carbons (Fsp3) is 0.364. The minimum Gasteiger partial charge on any atom is -0.497 e. The van der Waals surface area contributed by atoms with Crippen LogP contribution in [0.3, 0.4) is 0 Å². The van der Waals surface area contributed by atoms with Crippen LogP contribution in [-0.4, -0.2) is 25.7 Å². The Morgan fingerprint density at radius 3 is 2.88 bits per heavy atom. The number of nitrogens with two attached hydrogens (primary N) is 2. The summed E-state index contributed by atoms with van der Waals surface area (Å²) >= 11 is 0. The molecule has 0 aliphatic heterocycles. The van der Waals surface area contributed by atoms with Crippen molar-refractivity contribution in [1.29, 1.82) is 0 Å². The zero-order chi connectivity index (χ0) is 12.0. The normalized spacial score (nSPS) is 12.1. The quantitative estimate of drug-likeness (QED) is 0.713. The summed E-state index contributed by atoms with van der Waals surface area (Å²) in [6.07, 6.45) is 0. The lowest BCUT2D eigenvalue weighted by Crippen LogP contribution is -2.40. The first-order chi connectivity index (χ1) is 7.63. The topological polar surface area (TPSA) is 87.6 Å². The average molecular weight is 224 g/mol. The fourth-order valence-corrected chi connectivity index (χ4v) is 1.15. The maximum absolute atomic E-state index is 10.6. The SMILES string of the molecule is COc1cccc(COCC(N)C(N)=O)c1. The van der Waals surface area contributed by atoms with Gasteiger partial charge in [0.1, 0.15) is 11.8 Å². The number of carbonyl (C=O) groups excluding carboxylic acids is 1. The van der Waals surface area contributed by atoms with E-state index in [0.717, 1.165) is 11.3 Å². The van der Waals surface area contributed by atoms with E-state index in [0.29, 0.717) is 6.61 Å². The Labute approximate surface area is 94.3 Å². The molecule has 16 heavy (non-hydrogen) atoms. The van der Waals surface area contributed by atoms with Gasteiger partial charge in [-0.3, -0.25) is 4.79 Å². The van der Waals surface area contributed by atoms with Crippen LogP contribution < -0.4 is 16.2 Å². The van der Waals surface area contributed by atoms with Crippen molar-refractivity contribution in [2.24, 2.45) is 11.5 Å². The second kappa shape index (κ2) is 6.09. The van der Waals surface area contributed by atoms with Crippen molar-refractivity contribution in [1.82, 2.24) is 0 Å². The predicted molar refractivity (Wildman–Crippen MR) is 59.8 cm³/mol. The molecule has 0 saturated heterocycles. The van der Waals surface area contributed by atoms with E-state index in [9.17, 15) is 4.79 Å². The van der Waals surface area contributed by atoms with E-state index in [1.807, 2.05) is 24.3 Å². The molecule has 88 valence electrons. The summed E-state index contributed by atoms with van der Waals surface area (Å²) in [6.45, 7) is 0.491. The Balaban J connectivity index is 2.39. The van der Waals surface area contributed by atoms with E-state index in [2.05, 4.69) is 0 Å². The zero-order valence-electron chi connectivity index (χ0n) is 9.18. The molecule has 0 aliphatic rings. The van der Waals surface area contributed by atoms with Crippen LogP contribution in [0.15, 0.2) is 24.3 Å². The minimum absolute atomic E-state index is 0.118. The molecular weight excluding hydrogens is 208 g/mol. The third kappa shape index (κ3) is 3.88. The Morgan fingerprint density at radius 1 is 1.50 bits per heavy atom. The summed E-state index contributed by atoms with van der Waals surface area (Å²) in [5.74, 6) is 0.200. The molecule has 1 aromatic carbocycles. The zero-order valence-corrected chi connectivity index (χ0v) is 9.18. The highest BCUT2D eigenvalue weighted by atomic mass is 16.5. The van der Waals surface area contributed by atoms with Crippen LogP contribution in [0, 0.1) is 0 Å². The van der Waals surface area contributed by atoms with Gasteiger partial charge < -0.3 is 20.9 Å². The van der Waals surface area contributed by atoms with Crippen molar-refractivity contribution in [3.05, 3.63) is 29.8 Å². The second-order valence-electron chi connectivity index (χ2n) is 3.38. The Morgan fingerprint density at radius 2 is 2.25 bits per heavy atom. The molecule has 5 heteroatoms. The summed E-state index contributed by atoms with van der Waals surface area (Å²) in [5, 5.41) is 0. The van der Waals surface area contributed by atoms with E-state index in [4.69, 9.17) is 20.9 Å². The summed E-state index contributed by atoms with van der Waals surface area (Å²) in [5.41, 5.74) is 11.4. The molecule has 0 heterocycles. The van der Waals surface area contributed by atoms with Gasteiger partial charge in [-0.1, -0.05) is 12.1 Å². The number of ether oxygens (including phenoxy) is 2. The van der Waals surface area contributed by atoms with Crippen LogP contribution in [0.5, 0.6) is 5.75 Å². The number of primary amides is 1. The number of hydrogen-bond acceptors (Lipinski definition) is 4. The number of rotatable bonds is 6. The molecule has 5 nitrogen and oxygen atoms in total. The number of amides is 1. The molecule has 0 radical (unpaired) electrons. The van der Waals surface area contributed by atoms with Gasteiger partial charge in [-0.2, -0.15) is 0 Å². The maximum Gasteiger partial charge on any atom is 0.236 e. The number of hydrogen-bond donors (Lipinski definition) is 2. The third-order valence-electron chi connectivity index (χ3n) is 2.07. The minimum atomic E-state index is -0.759. The molecular formula is C11H16N2O3. The van der Waals surface area contributed by atoms with E-state index in [1.54, 1.807) is 7.11 Å². The number of carbonyl (C=O) groups is 1. The third-order valence-corrected chi connectivity index (χ3v) is 2.07. The van der Waals surface area contributed by atoms with Crippen LogP contribution in [0.1, 0.15) is 5.56 Å². The standard InChI is InChI=1S/C11H16N2O3/c1-15-9-4-2-3-8(5-9)6-16-7-10(12)11(13)14/h2-5,10H,6-7,12H2,1H3,(H2,13,14). The van der Waals surface area contributed by atoms with Crippen LogP contribution in [0.2, 0.25) is 0 Å². The molecule has 0 bridgehead atoms. The smallest absolute Gasteiger partial charge is 0.236 e. The lowest BCUT2D eigenvalue weighted by Gasteiger charge is -2.09. The van der Waals surface area contributed by atoms with Gasteiger partial charge in [-0.15, -0.1) is 0 Å². The summed E-state index contributed by atoms with van der Waals surface area (Å²) in [6, 6.07) is 6.71. The first-order valence-corrected chi connectivity index (χ1v) is 4.89. The highest BCUT2D eigenvalue weighted by molar-refractivity contribution is 5.79. The molecule has 1 rings (SSSR count). The molecule has 1 atom stereocenters. The molecule has 0 aromatic heterocycles. The monoisotopic (exact) mass is 224 g/mol. The van der Waals surface area contributed by atoms with Gasteiger partial charge >= 0.3 is 0 Å². The van der Waals surface area contributed by atoms with Crippen LogP contribution in [0.4, 0.5) is 0 Å². The molecule has 0 fully saturated rings. The first-order valence-electron chi connectivity index (χ1n) is 4.89. The fourth-order valence-electron chi connectivity index (χ4n) is 1.15. The molecule has 1 unspecified atom stereocenters. The second-order valence-corrected chi connectivity index (χ2v) is 3.38. The summed E-state index contributed by atoms with van der Waals surface area (Å²) < 4.78 is 10.3. The van der Waals surface area contributed by atoms with Crippen molar-refractivity contribution >= 4 is 5.91 Å². The van der Waals surface area contributed by atoms with E-state index >= 15 is 0 Å². The molecule has 0 aliphatic carbocycles. The van der Waals surface area contributed by atoms with Crippen LogP contribution in [-0.2, 0) is 16.1 Å². The van der Waals surface area contributed by atoms with Gasteiger partial charge in [0.05, 0.1) is 20.3 Å². The van der Waals surface area contributed by atoms with Crippen LogP contribution in [0.25, 0.3) is 0 Å². The lowest BCUT2D eigenvalue weighted by molar-refractivity contribution is -0.120. The van der Waals surface area contributed by atoms with Crippen molar-refractivity contribution in [3.63, 3.8) is 0 Å². The molecule has 0 spiro atoms. The number of benzene rings is 1. The molecule has 1 aromatic rings. The van der Waals surface area contributed by atoms with Gasteiger partial charge in [-0.25, -0.2) is 0 Å². The van der Waals surface area contributed by atoms with Gasteiger partial charge in [-0.05, 0) is 17.7 Å². The summed E-state index contributed by atoms with van der Waals surface area (Å²) in [7, 11) is 1.60. The largest absolute Gasteiger partial charge is 0.497 e. The number of methoxy groups -OCH3 is 1. The van der Waals surface area contributed by atoms with Crippen LogP contribution >= 0.6 is 0 Å². The Hall–Kier alpha value is -1.59. The van der Waals surface area contributed by atoms with Gasteiger partial charge in [0.15, 0.2) is 0 Å². The predicted octanol–water partition coefficient (Wildman–Crippen LogP) is 0.0244. The van der Waals surface area contributed by atoms with Crippen molar-refractivity contribution in [2.75, 3.05) is 13.7 Å². The van der Waals surface area contributed by atoms with E-state index < -0.39 is 11.9 Å². The molecule has 0 saturated carbocycles. The average Bonchev–Trinajstić information content (AvgIpc) is 2.29. The van der Waals surface area contributed by atoms with Gasteiger partial charge in [0.25, 0.3) is 0 Å². The van der Waals surface area contributed by atoms with Gasteiger partial charge in [0.2, 0.25) is 5.91 Å². The van der Waals surface area contributed by atoms with Crippen molar-refractivity contribution in [2.45, 2.75) is 12.6 Å². The van der Waals surface area contributed by atoms with Gasteiger partial charge in [0, 0.05) is 0 Å². The molecule has 1 amide bonds. The lowest BCUT2D eigenvalue weighted by atomic mass is 10.2. The Bertz CT molecular complexity index is 355. The summed E-state index contributed by atoms with van der Waals surface area (Å²) in [4.78, 5) is 10.6. The highest BCUT2D eigenvalue weighted by Crippen LogP contribution is 2.13. The van der Waals surface area contributed by atoms with E-state index in [1.165, 1.54) is 0 Å². The maximum atomic E-state index is 10.6. The Kier molecular flexibility index (Phi) is 4.75. The van der Waals surface area contributed by atoms with Crippen molar-refractivity contribution < 1.29 is 14.3 Å². The van der Waals surface area contributed by atoms with E-state index in [-0.39, 0.29) is 6.61 Å². The highest BCUT2D eigenvalue weighted by Gasteiger charge is 2.08. The first kappa shape index (κ1) is 12.5. The van der Waals surface area contributed by atoms with Crippen molar-refractivity contribution in [3.8, 4) is 5.75 Å².